The van der Waals surface area contributed by atoms with Crippen molar-refractivity contribution in [3.63, 3.8) is 0 Å². The van der Waals surface area contributed by atoms with Crippen LogP contribution in [0.4, 0.5) is 14.4 Å². The average molecular weight is 656 g/mol. The smallest absolute Gasteiger partial charge is 0.652 e. The van der Waals surface area contributed by atoms with Crippen molar-refractivity contribution in [1.29, 1.82) is 0 Å². The van der Waals surface area contributed by atoms with Gasteiger partial charge in [0.05, 0.1) is 0 Å². The molecule has 0 aliphatic rings. The molecule has 0 rings (SSSR count). The predicted molar refractivity (Wildman–Crippen MR) is 16.2 cm³/mol. The van der Waals surface area contributed by atoms with Gasteiger partial charge in [0.15, 0.2) is 0 Å². The van der Waals surface area contributed by atoms with Crippen LogP contribution in [0.5, 0.6) is 0 Å². The van der Waals surface area contributed by atoms with Crippen molar-refractivity contribution in [3.8, 4) is 0 Å². The summed E-state index contributed by atoms with van der Waals surface area (Å²) in [6, 6.07) is 0. The van der Waals surface area contributed by atoms with Gasteiger partial charge in [-0.2, -0.15) is 0 Å². The molecule has 0 aromatic rings. The molecule has 0 aromatic heterocycles. The van der Waals surface area contributed by atoms with Crippen molar-refractivity contribution in [2.24, 2.45) is 0 Å². The maximum atomic E-state index is 8.33. The Labute approximate surface area is 124 Å². The Balaban J connectivity index is -0.0000000270. The van der Waals surface area contributed by atoms with E-state index in [1.54, 1.807) is 0 Å². The summed E-state index contributed by atoms with van der Waals surface area (Å²) >= 11 is 0. The number of carbonyl (C=O) groups excluding carboxylic acids is 3. The first-order chi connectivity index (χ1) is 5.20. The Kier molecular flexibility index (Phi) is 48.1. The Morgan fingerprint density at radius 1 is 0.500 bits per heavy atom. The molecule has 0 aliphatic heterocycles. The van der Waals surface area contributed by atoms with E-state index in [4.69, 9.17) is 45.0 Å². The van der Waals surface area contributed by atoms with Gasteiger partial charge in [0.1, 0.15) is 0 Å². The standard InChI is InChI=1S/3CH2O3.2U/c3*2-1(3)4;;/h3*(H2,2,3,4);;/q;;;2*+3/p-6. The molecule has 0 spiro atoms. The fourth-order valence-electron chi connectivity index (χ4n) is 0. The quantitative estimate of drug-likeness (QED) is 0.244. The molecule has 0 atom stereocenters. The van der Waals surface area contributed by atoms with E-state index in [-0.39, 0.29) is 62.2 Å². The Morgan fingerprint density at radius 2 is 0.500 bits per heavy atom. The molecular weight excluding hydrogens is 656 g/mol. The van der Waals surface area contributed by atoms with Gasteiger partial charge in [-0.15, -0.1) is 0 Å². The van der Waals surface area contributed by atoms with E-state index in [9.17, 15) is 0 Å². The van der Waals surface area contributed by atoms with Gasteiger partial charge in [-0.3, -0.25) is 0 Å². The molecule has 0 saturated heterocycles. The van der Waals surface area contributed by atoms with Crippen LogP contribution in [0.15, 0.2) is 0 Å². The molecule has 2 radical (unpaired) electrons. The van der Waals surface area contributed by atoms with Gasteiger partial charge < -0.3 is 45.0 Å². The van der Waals surface area contributed by atoms with E-state index < -0.39 is 18.5 Å². The molecule has 0 amide bonds. The molecule has 0 unspecified atom stereocenters. The van der Waals surface area contributed by atoms with Crippen LogP contribution in [0.25, 0.3) is 0 Å². The maximum absolute atomic E-state index is 8.33. The molecule has 0 N–H and O–H groups in total. The largest absolute Gasteiger partial charge is 3.00 e. The first-order valence-electron chi connectivity index (χ1n) is 1.84. The molecule has 11 heteroatoms. The Morgan fingerprint density at radius 3 is 0.500 bits per heavy atom. The van der Waals surface area contributed by atoms with Gasteiger partial charge >= 0.3 is 62.2 Å². The molecule has 0 bridgehead atoms. The van der Waals surface area contributed by atoms with Crippen LogP contribution in [0, 0.1) is 62.2 Å². The summed E-state index contributed by atoms with van der Waals surface area (Å²) < 4.78 is 0. The summed E-state index contributed by atoms with van der Waals surface area (Å²) in [4.78, 5) is 25.0. The van der Waals surface area contributed by atoms with E-state index in [1.165, 1.54) is 0 Å². The van der Waals surface area contributed by atoms with E-state index in [2.05, 4.69) is 0 Å². The van der Waals surface area contributed by atoms with Crippen LogP contribution in [-0.4, -0.2) is 18.5 Å². The van der Waals surface area contributed by atoms with Crippen molar-refractivity contribution in [3.05, 3.63) is 0 Å². The number of carboxylic acid groups (broad SMARTS) is 6. The number of hydrogen-bond acceptors (Lipinski definition) is 9. The summed E-state index contributed by atoms with van der Waals surface area (Å²) in [6.45, 7) is 0. The second-order valence-corrected chi connectivity index (χ2v) is 0.750. The second kappa shape index (κ2) is 23.1. The third-order valence-electron chi connectivity index (χ3n) is 0. The van der Waals surface area contributed by atoms with Gasteiger partial charge in [0.25, 0.3) is 0 Å². The topological polar surface area (TPSA) is 190 Å². The molecule has 0 fully saturated rings. The fraction of sp³-hybridized carbons (Fsp3) is 0. The zero-order chi connectivity index (χ0) is 10.7. The average Bonchev–Trinajstić information content (AvgIpc) is 1.54. The van der Waals surface area contributed by atoms with E-state index in [1.807, 2.05) is 0 Å². The fourth-order valence-corrected chi connectivity index (χ4v) is 0. The SMILES string of the molecule is O=C([O-])[O-].O=C([O-])[O-].O=C([O-])[O-].[U+3].[U+3]. The van der Waals surface area contributed by atoms with Crippen LogP contribution in [-0.2, 0) is 0 Å². The molecule has 9 nitrogen and oxygen atoms in total. The van der Waals surface area contributed by atoms with Crippen molar-refractivity contribution in [2.45, 2.75) is 0 Å². The number of carbonyl (C=O) groups is 3. The summed E-state index contributed by atoms with van der Waals surface area (Å²) in [6.07, 6.45) is -7.00. The third kappa shape index (κ3) is 191000. The zero-order valence-electron chi connectivity index (χ0n) is 6.17. The number of hydrogen-bond donors (Lipinski definition) is 0. The molecule has 0 aliphatic carbocycles. The van der Waals surface area contributed by atoms with Gasteiger partial charge in [0, 0.05) is 0 Å². The van der Waals surface area contributed by atoms with Crippen molar-refractivity contribution < 1.29 is 107 Å². The Hall–Kier alpha value is -0.0861. The zero-order valence-corrected chi connectivity index (χ0v) is 14.5. The molecule has 74 valence electrons. The molecule has 0 heterocycles. The molecule has 14 heavy (non-hydrogen) atoms. The van der Waals surface area contributed by atoms with Crippen molar-refractivity contribution in [1.82, 2.24) is 0 Å². The minimum absolute atomic E-state index is 0. The summed E-state index contributed by atoms with van der Waals surface area (Å²) in [7, 11) is 0. The molecular formula is C3O9U2. The predicted octanol–water partition coefficient (Wildman–Crippen LogP) is -7.34. The molecule has 0 aromatic carbocycles. The van der Waals surface area contributed by atoms with Crippen LogP contribution < -0.4 is 30.6 Å². The van der Waals surface area contributed by atoms with E-state index >= 15 is 0 Å². The van der Waals surface area contributed by atoms with E-state index in [0.29, 0.717) is 0 Å². The van der Waals surface area contributed by atoms with Crippen molar-refractivity contribution >= 4 is 18.5 Å². The first kappa shape index (κ1) is 29.2. The molecule has 0 saturated carbocycles. The summed E-state index contributed by atoms with van der Waals surface area (Å²) in [5.74, 6) is 0. The Bertz CT molecular complexity index is 116. The van der Waals surface area contributed by atoms with Gasteiger partial charge in [0.2, 0.25) is 0 Å². The van der Waals surface area contributed by atoms with Crippen LogP contribution in [0.2, 0.25) is 0 Å². The first-order valence-corrected chi connectivity index (χ1v) is 1.84. The third-order valence-corrected chi connectivity index (χ3v) is 0. The van der Waals surface area contributed by atoms with Crippen LogP contribution in [0.1, 0.15) is 0 Å². The normalized spacial score (nSPS) is 5.14. The minimum atomic E-state index is -2.33. The van der Waals surface area contributed by atoms with E-state index in [0.717, 1.165) is 0 Å². The number of rotatable bonds is 0. The summed E-state index contributed by atoms with van der Waals surface area (Å²) in [5.41, 5.74) is 0. The second-order valence-electron chi connectivity index (χ2n) is 0.750. The maximum Gasteiger partial charge on any atom is 3.00 e. The van der Waals surface area contributed by atoms with Gasteiger partial charge in [-0.25, -0.2) is 0 Å². The van der Waals surface area contributed by atoms with Crippen LogP contribution in [0.3, 0.4) is 0 Å². The van der Waals surface area contributed by atoms with Crippen LogP contribution >= 0.6 is 0 Å². The van der Waals surface area contributed by atoms with Crippen molar-refractivity contribution in [2.75, 3.05) is 0 Å². The van der Waals surface area contributed by atoms with Gasteiger partial charge in [-0.1, -0.05) is 0 Å². The summed E-state index contributed by atoms with van der Waals surface area (Å²) in [5, 5.41) is 50.0. The van der Waals surface area contributed by atoms with Gasteiger partial charge in [-0.05, 0) is 18.5 Å². The monoisotopic (exact) mass is 656 g/mol. The minimum Gasteiger partial charge on any atom is -0.652 e.